The van der Waals surface area contributed by atoms with E-state index in [1.54, 1.807) is 0 Å². The van der Waals surface area contributed by atoms with Crippen LogP contribution in [-0.4, -0.2) is 151 Å². The zero-order chi connectivity index (χ0) is 36.0. The van der Waals surface area contributed by atoms with Crippen LogP contribution in [-0.2, 0) is 56.9 Å². The van der Waals surface area contributed by atoms with Crippen molar-refractivity contribution in [3.05, 3.63) is 59.7 Å². The molecule has 1 aliphatic carbocycles. The van der Waals surface area contributed by atoms with Gasteiger partial charge in [-0.25, -0.2) is 4.79 Å². The van der Waals surface area contributed by atoms with E-state index in [4.69, 9.17) is 47.4 Å². The van der Waals surface area contributed by atoms with Gasteiger partial charge in [0.1, 0.15) is 6.61 Å². The topological polar surface area (TPSA) is 148 Å². The van der Waals surface area contributed by atoms with Gasteiger partial charge >= 0.3 is 12.1 Å². The van der Waals surface area contributed by atoms with Crippen LogP contribution in [0.5, 0.6) is 0 Å². The molecule has 0 atom stereocenters. The molecule has 0 radical (unpaired) electrons. The summed E-state index contributed by atoms with van der Waals surface area (Å²) in [5, 5.41) is 2.74. The van der Waals surface area contributed by atoms with Gasteiger partial charge in [-0.05, 0) is 22.3 Å². The molecular formula is C37H55NO13. The van der Waals surface area contributed by atoms with Crippen molar-refractivity contribution in [1.82, 2.24) is 5.32 Å². The lowest BCUT2D eigenvalue weighted by molar-refractivity contribution is -0.141. The fraction of sp³-hybridized carbons (Fsp3) is 0.622. The number of benzene rings is 2. The number of alkyl carbamates (subject to hydrolysis) is 1. The van der Waals surface area contributed by atoms with E-state index in [2.05, 4.69) is 34.3 Å². The van der Waals surface area contributed by atoms with Crippen LogP contribution in [0.15, 0.2) is 48.5 Å². The molecule has 1 aliphatic rings. The minimum atomic E-state index is -0.455. The Hall–Kier alpha value is -3.18. The third-order valence-electron chi connectivity index (χ3n) is 7.51. The first kappa shape index (κ1) is 42.2. The molecule has 0 aromatic heterocycles. The monoisotopic (exact) mass is 721 g/mol. The van der Waals surface area contributed by atoms with Gasteiger partial charge in [0.05, 0.1) is 132 Å². The van der Waals surface area contributed by atoms with Crippen molar-refractivity contribution in [2.45, 2.75) is 12.3 Å². The second-order valence-corrected chi connectivity index (χ2v) is 11.1. The van der Waals surface area contributed by atoms with E-state index >= 15 is 0 Å². The average molecular weight is 722 g/mol. The lowest BCUT2D eigenvalue weighted by atomic mass is 9.98. The van der Waals surface area contributed by atoms with Crippen LogP contribution in [0.1, 0.15) is 23.5 Å². The Morgan fingerprint density at radius 1 is 0.510 bits per heavy atom. The quantitative estimate of drug-likeness (QED) is 0.0872. The summed E-state index contributed by atoms with van der Waals surface area (Å²) in [6.45, 7) is 8.74. The molecule has 51 heavy (non-hydrogen) atoms. The second kappa shape index (κ2) is 28.4. The number of carbonyl (C=O) groups excluding carboxylic acids is 2. The first-order valence-electron chi connectivity index (χ1n) is 17.6. The van der Waals surface area contributed by atoms with Gasteiger partial charge in [0.25, 0.3) is 0 Å². The van der Waals surface area contributed by atoms with Crippen molar-refractivity contribution >= 4 is 12.1 Å². The summed E-state index contributed by atoms with van der Waals surface area (Å²) in [4.78, 5) is 23.2. The summed E-state index contributed by atoms with van der Waals surface area (Å²) in [7, 11) is 1.35. The highest BCUT2D eigenvalue weighted by molar-refractivity contribution is 5.79. The Kier molecular flexibility index (Phi) is 23.5. The van der Waals surface area contributed by atoms with Gasteiger partial charge in [0.2, 0.25) is 0 Å². The first-order valence-corrected chi connectivity index (χ1v) is 17.6. The van der Waals surface area contributed by atoms with E-state index in [1.165, 1.54) is 29.4 Å². The molecule has 14 nitrogen and oxygen atoms in total. The van der Waals surface area contributed by atoms with Crippen molar-refractivity contribution in [1.29, 1.82) is 0 Å². The zero-order valence-electron chi connectivity index (χ0n) is 29.9. The van der Waals surface area contributed by atoms with E-state index in [0.717, 1.165) is 0 Å². The number of fused-ring (bicyclic) bond motifs is 3. The van der Waals surface area contributed by atoms with Crippen molar-refractivity contribution in [3.8, 4) is 11.1 Å². The summed E-state index contributed by atoms with van der Waals surface area (Å²) in [6, 6.07) is 16.5. The first-order chi connectivity index (χ1) is 25.2. The van der Waals surface area contributed by atoms with Gasteiger partial charge in [0.15, 0.2) is 0 Å². The van der Waals surface area contributed by atoms with Crippen LogP contribution in [0.2, 0.25) is 0 Å². The number of rotatable bonds is 32. The standard InChI is InChI=1S/C37H55NO13/c1-41-36(39)10-12-42-14-16-44-18-20-46-22-24-48-26-28-50-29-27-49-25-23-47-21-19-45-17-15-43-13-11-38-37(40)51-30-35-33-8-4-2-6-31(33)32-7-3-5-9-34(32)35/h2-9,35H,10-30H2,1H3,(H,38,40). The van der Waals surface area contributed by atoms with Crippen molar-refractivity contribution < 1.29 is 61.7 Å². The third kappa shape index (κ3) is 18.8. The maximum atomic E-state index is 12.2. The predicted molar refractivity (Wildman–Crippen MR) is 187 cm³/mol. The Balaban J connectivity index is 0.969. The summed E-state index contributed by atoms with van der Waals surface area (Å²) < 4.78 is 59.1. The smallest absolute Gasteiger partial charge is 0.407 e. The summed E-state index contributed by atoms with van der Waals surface area (Å²) in [5.74, 6) is -0.255. The molecule has 14 heteroatoms. The van der Waals surface area contributed by atoms with Gasteiger partial charge in [-0.3, -0.25) is 4.79 Å². The fourth-order valence-corrected chi connectivity index (χ4v) is 4.99. The van der Waals surface area contributed by atoms with Crippen molar-refractivity contribution in [3.63, 3.8) is 0 Å². The van der Waals surface area contributed by atoms with Crippen LogP contribution in [0.4, 0.5) is 4.79 Å². The summed E-state index contributed by atoms with van der Waals surface area (Å²) >= 11 is 0. The van der Waals surface area contributed by atoms with Crippen molar-refractivity contribution in [2.24, 2.45) is 0 Å². The van der Waals surface area contributed by atoms with Gasteiger partial charge in [0, 0.05) is 12.5 Å². The Morgan fingerprint density at radius 2 is 0.863 bits per heavy atom. The molecule has 1 amide bonds. The molecule has 2 aromatic rings. The number of hydrogen-bond donors (Lipinski definition) is 1. The fourth-order valence-electron chi connectivity index (χ4n) is 4.99. The van der Waals surface area contributed by atoms with Gasteiger partial charge in [-0.15, -0.1) is 0 Å². The Labute approximate surface area is 301 Å². The van der Waals surface area contributed by atoms with E-state index in [9.17, 15) is 9.59 Å². The molecule has 2 aromatic carbocycles. The number of esters is 1. The number of amides is 1. The maximum Gasteiger partial charge on any atom is 0.407 e. The molecule has 0 aliphatic heterocycles. The van der Waals surface area contributed by atoms with Crippen LogP contribution in [0.25, 0.3) is 11.1 Å². The molecular weight excluding hydrogens is 666 g/mol. The minimum absolute atomic E-state index is 0.0347. The number of carbonyl (C=O) groups is 2. The zero-order valence-corrected chi connectivity index (χ0v) is 29.9. The number of nitrogens with one attached hydrogen (secondary N) is 1. The molecule has 3 rings (SSSR count). The molecule has 0 saturated heterocycles. The number of ether oxygens (including phenoxy) is 11. The third-order valence-corrected chi connectivity index (χ3v) is 7.51. The lowest BCUT2D eigenvalue weighted by Crippen LogP contribution is -2.29. The van der Waals surface area contributed by atoms with Crippen LogP contribution >= 0.6 is 0 Å². The van der Waals surface area contributed by atoms with Gasteiger partial charge < -0.3 is 57.4 Å². The number of hydrogen-bond acceptors (Lipinski definition) is 13. The van der Waals surface area contributed by atoms with Crippen LogP contribution in [0, 0.1) is 0 Å². The Morgan fingerprint density at radius 3 is 1.25 bits per heavy atom. The van der Waals surface area contributed by atoms with E-state index < -0.39 is 6.09 Å². The molecule has 0 unspecified atom stereocenters. The second-order valence-electron chi connectivity index (χ2n) is 11.1. The Bertz CT molecular complexity index is 1160. The SMILES string of the molecule is COC(=O)CCOCCOCCOCCOCCOCCOCCOCCOCCOCCNC(=O)OCC1c2ccccc2-c2ccccc21. The van der Waals surface area contributed by atoms with E-state index in [1.807, 2.05) is 24.3 Å². The van der Waals surface area contributed by atoms with E-state index in [-0.39, 0.29) is 24.9 Å². The summed E-state index contributed by atoms with van der Waals surface area (Å²) in [5.41, 5.74) is 4.76. The van der Waals surface area contributed by atoms with Crippen molar-refractivity contribution in [2.75, 3.05) is 139 Å². The molecule has 0 fully saturated rings. The van der Waals surface area contributed by atoms with Gasteiger partial charge in [-0.2, -0.15) is 0 Å². The predicted octanol–water partition coefficient (Wildman–Crippen LogP) is 3.24. The largest absolute Gasteiger partial charge is 0.469 e. The normalized spacial score (nSPS) is 12.1. The lowest BCUT2D eigenvalue weighted by Gasteiger charge is -2.14. The molecule has 286 valence electrons. The minimum Gasteiger partial charge on any atom is -0.469 e. The molecule has 0 heterocycles. The van der Waals surface area contributed by atoms with Gasteiger partial charge in [-0.1, -0.05) is 48.5 Å². The summed E-state index contributed by atoms with van der Waals surface area (Å²) in [6.07, 6.45) is -0.216. The molecule has 1 N–H and O–H groups in total. The maximum absolute atomic E-state index is 12.2. The highest BCUT2D eigenvalue weighted by atomic mass is 16.6. The molecule has 0 saturated carbocycles. The molecule has 0 spiro atoms. The average Bonchev–Trinajstić information content (AvgIpc) is 3.48. The molecule has 0 bridgehead atoms. The number of methoxy groups -OCH3 is 1. The highest BCUT2D eigenvalue weighted by Crippen LogP contribution is 2.44. The highest BCUT2D eigenvalue weighted by Gasteiger charge is 2.28. The van der Waals surface area contributed by atoms with Crippen LogP contribution in [0.3, 0.4) is 0 Å². The van der Waals surface area contributed by atoms with E-state index in [0.29, 0.717) is 125 Å². The van der Waals surface area contributed by atoms with Crippen LogP contribution < -0.4 is 5.32 Å².